The molecule has 1 aliphatic heterocycles. The van der Waals surface area contributed by atoms with Crippen LogP contribution in [0.3, 0.4) is 0 Å². The number of aryl methyl sites for hydroxylation is 1. The summed E-state index contributed by atoms with van der Waals surface area (Å²) in [4.78, 5) is 21.3. The number of nitrogens with zero attached hydrogens (tertiary/aromatic N) is 3. The van der Waals surface area contributed by atoms with Gasteiger partial charge in [-0.15, -0.1) is 0 Å². The zero-order chi connectivity index (χ0) is 19.5. The number of piperidine rings is 1. The van der Waals surface area contributed by atoms with Gasteiger partial charge in [0.2, 0.25) is 0 Å². The van der Waals surface area contributed by atoms with Crippen LogP contribution in [0.5, 0.6) is 0 Å². The molecule has 0 radical (unpaired) electrons. The number of likely N-dealkylation sites (N-methyl/N-ethyl adjacent to an activating group) is 1. The summed E-state index contributed by atoms with van der Waals surface area (Å²) in [7, 11) is 2.11. The fourth-order valence-corrected chi connectivity index (χ4v) is 4.91. The fraction of sp³-hybridized carbons (Fsp3) is 0.727. The number of rotatable bonds is 5. The van der Waals surface area contributed by atoms with Gasteiger partial charge in [0.15, 0.2) is 0 Å². The van der Waals surface area contributed by atoms with Gasteiger partial charge in [0.05, 0.1) is 5.60 Å². The quantitative estimate of drug-likeness (QED) is 0.861. The van der Waals surface area contributed by atoms with E-state index in [0.717, 1.165) is 76.7 Å². The molecule has 27 heavy (non-hydrogen) atoms. The third-order valence-corrected chi connectivity index (χ3v) is 6.73. The second-order valence-electron chi connectivity index (χ2n) is 8.92. The number of carbonyl (C=O) groups is 1. The minimum atomic E-state index is -0.535. The van der Waals surface area contributed by atoms with Gasteiger partial charge in [-0.2, -0.15) is 0 Å². The number of hydrogen-bond acceptors (Lipinski definition) is 4. The molecule has 1 saturated heterocycles. The van der Waals surface area contributed by atoms with E-state index in [9.17, 15) is 9.90 Å². The Morgan fingerprint density at radius 3 is 2.48 bits per heavy atom. The van der Waals surface area contributed by atoms with Crippen molar-refractivity contribution in [2.45, 2.75) is 64.4 Å². The average Bonchev–Trinajstić information content (AvgIpc) is 2.65. The number of hydrogen-bond donors (Lipinski definition) is 1. The first-order valence-corrected chi connectivity index (χ1v) is 10.5. The molecule has 1 aliphatic carbocycles. The minimum absolute atomic E-state index is 0.0662. The molecule has 1 N–H and O–H groups in total. The monoisotopic (exact) mass is 373 g/mol. The highest BCUT2D eigenvalue weighted by Crippen LogP contribution is 2.47. The van der Waals surface area contributed by atoms with Crippen molar-refractivity contribution in [2.75, 3.05) is 33.2 Å². The first kappa shape index (κ1) is 20.3. The van der Waals surface area contributed by atoms with Crippen molar-refractivity contribution in [1.82, 2.24) is 14.8 Å². The molecule has 5 nitrogen and oxygen atoms in total. The van der Waals surface area contributed by atoms with Crippen molar-refractivity contribution in [3.63, 3.8) is 0 Å². The summed E-state index contributed by atoms with van der Waals surface area (Å²) < 4.78 is 0. The van der Waals surface area contributed by atoms with E-state index in [2.05, 4.69) is 23.9 Å². The van der Waals surface area contributed by atoms with Crippen LogP contribution in [0.4, 0.5) is 0 Å². The predicted molar refractivity (Wildman–Crippen MR) is 108 cm³/mol. The van der Waals surface area contributed by atoms with Crippen LogP contribution in [-0.4, -0.2) is 64.6 Å². The predicted octanol–water partition coefficient (Wildman–Crippen LogP) is 3.26. The first-order chi connectivity index (χ1) is 12.9. The number of pyridine rings is 1. The molecule has 1 amide bonds. The van der Waals surface area contributed by atoms with Crippen molar-refractivity contribution in [3.8, 4) is 0 Å². The molecular formula is C22H35N3O2. The molecule has 1 spiro atoms. The molecular weight excluding hydrogens is 338 g/mol. The van der Waals surface area contributed by atoms with Gasteiger partial charge in [-0.1, -0.05) is 13.0 Å². The number of aliphatic hydroxyl groups is 1. The third-order valence-electron chi connectivity index (χ3n) is 6.73. The van der Waals surface area contributed by atoms with Crippen molar-refractivity contribution in [3.05, 3.63) is 29.6 Å². The Hall–Kier alpha value is -1.46. The molecule has 150 valence electrons. The zero-order valence-electron chi connectivity index (χ0n) is 17.2. The van der Waals surface area contributed by atoms with Gasteiger partial charge in [0, 0.05) is 25.8 Å². The number of likely N-dealkylation sites (tertiary alicyclic amines) is 1. The highest BCUT2D eigenvalue weighted by Gasteiger charge is 2.44. The van der Waals surface area contributed by atoms with E-state index in [1.54, 1.807) is 6.20 Å². The second kappa shape index (κ2) is 8.27. The van der Waals surface area contributed by atoms with Crippen LogP contribution in [0.1, 0.15) is 67.9 Å². The van der Waals surface area contributed by atoms with Gasteiger partial charge in [-0.3, -0.25) is 9.78 Å². The van der Waals surface area contributed by atoms with Crippen molar-refractivity contribution in [2.24, 2.45) is 5.41 Å². The summed E-state index contributed by atoms with van der Waals surface area (Å²) in [5, 5.41) is 11.0. The minimum Gasteiger partial charge on any atom is -0.389 e. The lowest BCUT2D eigenvalue weighted by Crippen LogP contribution is -2.50. The standard InChI is InChI=1S/C22H35N3O2/c1-4-14-24(3)17-22(27)9-7-21(8-10-22)11-15-25(16-12-21)20(26)19-18(2)6-5-13-23-19/h5-6,13,27H,4,7-12,14-17H2,1-3H3. The van der Waals surface area contributed by atoms with Crippen molar-refractivity contribution < 1.29 is 9.90 Å². The molecule has 0 atom stereocenters. The van der Waals surface area contributed by atoms with E-state index in [-0.39, 0.29) is 5.91 Å². The normalized spacial score (nSPS) is 21.6. The SMILES string of the molecule is CCCN(C)CC1(O)CCC2(CCN(C(=O)c3ncccc3C)CC2)CC1. The second-order valence-corrected chi connectivity index (χ2v) is 8.92. The molecule has 2 aliphatic rings. The lowest BCUT2D eigenvalue weighted by molar-refractivity contribution is -0.0643. The lowest BCUT2D eigenvalue weighted by Gasteiger charge is -2.49. The molecule has 2 heterocycles. The molecule has 1 aromatic rings. The van der Waals surface area contributed by atoms with Crippen LogP contribution in [-0.2, 0) is 0 Å². The summed E-state index contributed by atoms with van der Waals surface area (Å²) in [6.45, 7) is 7.56. The maximum atomic E-state index is 12.8. The smallest absolute Gasteiger partial charge is 0.272 e. The van der Waals surface area contributed by atoms with Gasteiger partial charge in [-0.05, 0) is 82.5 Å². The summed E-state index contributed by atoms with van der Waals surface area (Å²) in [5.74, 6) is 0.0662. The molecule has 0 bridgehead atoms. The van der Waals surface area contributed by atoms with Gasteiger partial charge >= 0.3 is 0 Å². The van der Waals surface area contributed by atoms with E-state index >= 15 is 0 Å². The Balaban J connectivity index is 1.54. The summed E-state index contributed by atoms with van der Waals surface area (Å²) in [5.41, 5.74) is 1.31. The van der Waals surface area contributed by atoms with Gasteiger partial charge in [-0.25, -0.2) is 0 Å². The number of amides is 1. The van der Waals surface area contributed by atoms with Gasteiger partial charge < -0.3 is 14.9 Å². The van der Waals surface area contributed by atoms with Crippen LogP contribution in [0.2, 0.25) is 0 Å². The van der Waals surface area contributed by atoms with Crippen molar-refractivity contribution in [1.29, 1.82) is 0 Å². The number of carbonyl (C=O) groups excluding carboxylic acids is 1. The molecule has 5 heteroatoms. The Morgan fingerprint density at radius 1 is 1.22 bits per heavy atom. The summed E-state index contributed by atoms with van der Waals surface area (Å²) in [6, 6.07) is 3.82. The van der Waals surface area contributed by atoms with Crippen LogP contribution in [0, 0.1) is 12.3 Å². The molecule has 1 saturated carbocycles. The molecule has 0 aromatic carbocycles. The van der Waals surface area contributed by atoms with E-state index in [0.29, 0.717) is 11.1 Å². The largest absolute Gasteiger partial charge is 0.389 e. The van der Waals surface area contributed by atoms with Crippen LogP contribution in [0.25, 0.3) is 0 Å². The average molecular weight is 374 g/mol. The molecule has 3 rings (SSSR count). The van der Waals surface area contributed by atoms with E-state index in [1.807, 2.05) is 24.0 Å². The summed E-state index contributed by atoms with van der Waals surface area (Å²) in [6.07, 6.45) is 8.83. The summed E-state index contributed by atoms with van der Waals surface area (Å²) >= 11 is 0. The molecule has 0 unspecified atom stereocenters. The van der Waals surface area contributed by atoms with Crippen LogP contribution >= 0.6 is 0 Å². The van der Waals surface area contributed by atoms with E-state index in [4.69, 9.17) is 0 Å². The maximum Gasteiger partial charge on any atom is 0.272 e. The Labute approximate surface area is 163 Å². The Bertz CT molecular complexity index is 643. The first-order valence-electron chi connectivity index (χ1n) is 10.5. The third kappa shape index (κ3) is 4.69. The molecule has 1 aromatic heterocycles. The van der Waals surface area contributed by atoms with Crippen molar-refractivity contribution >= 4 is 5.91 Å². The highest BCUT2D eigenvalue weighted by molar-refractivity contribution is 5.93. The topological polar surface area (TPSA) is 56.7 Å². The Morgan fingerprint density at radius 2 is 1.89 bits per heavy atom. The zero-order valence-corrected chi connectivity index (χ0v) is 17.2. The van der Waals surface area contributed by atoms with Crippen LogP contribution < -0.4 is 0 Å². The number of aromatic nitrogens is 1. The Kier molecular flexibility index (Phi) is 6.21. The lowest BCUT2D eigenvalue weighted by atomic mass is 9.64. The highest BCUT2D eigenvalue weighted by atomic mass is 16.3. The van der Waals surface area contributed by atoms with Gasteiger partial charge in [0.25, 0.3) is 5.91 Å². The fourth-order valence-electron chi connectivity index (χ4n) is 4.91. The van der Waals surface area contributed by atoms with Gasteiger partial charge in [0.1, 0.15) is 5.69 Å². The molecule has 2 fully saturated rings. The van der Waals surface area contributed by atoms with E-state index < -0.39 is 5.60 Å². The van der Waals surface area contributed by atoms with Crippen LogP contribution in [0.15, 0.2) is 18.3 Å². The van der Waals surface area contributed by atoms with E-state index in [1.165, 1.54) is 0 Å². The maximum absolute atomic E-state index is 12.8.